The van der Waals surface area contributed by atoms with Gasteiger partial charge >= 0.3 is 5.97 Å². The number of carbonyl (C=O) groups excluding carboxylic acids is 1. The number of aliphatic hydroxyl groups is 1. The number of aliphatic hydroxyl groups excluding tert-OH is 1. The number of rotatable bonds is 7. The Morgan fingerprint density at radius 3 is 1.90 bits per heavy atom. The number of benzene rings is 1. The van der Waals surface area contributed by atoms with E-state index in [0.717, 1.165) is 18.4 Å². The van der Waals surface area contributed by atoms with Crippen LogP contribution < -0.4 is 5.32 Å². The summed E-state index contributed by atoms with van der Waals surface area (Å²) < 4.78 is 0. The van der Waals surface area contributed by atoms with Gasteiger partial charge in [-0.1, -0.05) is 58.0 Å². The van der Waals surface area contributed by atoms with Gasteiger partial charge in [-0.05, 0) is 5.56 Å². The predicted molar refractivity (Wildman–Crippen MR) is 116 cm³/mol. The molecule has 0 saturated heterocycles. The normalized spacial score (nSPS) is 12.4. The maximum Gasteiger partial charge on any atom is 0.307 e. The van der Waals surface area contributed by atoms with Gasteiger partial charge in [0.15, 0.2) is 0 Å². The van der Waals surface area contributed by atoms with Crippen molar-refractivity contribution < 1.29 is 19.8 Å². The van der Waals surface area contributed by atoms with Crippen LogP contribution in [-0.4, -0.2) is 28.7 Å². The fraction of sp³-hybridized carbons (Fsp3) is 0.500. The third-order valence-electron chi connectivity index (χ3n) is 3.99. The van der Waals surface area contributed by atoms with Crippen LogP contribution in [0.5, 0.6) is 0 Å². The minimum absolute atomic E-state index is 0.0756. The average molecular weight is 400 g/mol. The van der Waals surface area contributed by atoms with Crippen LogP contribution in [0, 0.1) is 35.5 Å². The summed E-state index contributed by atoms with van der Waals surface area (Å²) >= 11 is 0. The summed E-state index contributed by atoms with van der Waals surface area (Å²) in [6, 6.07) is 9.12. The first-order valence-electron chi connectivity index (χ1n) is 9.97. The lowest BCUT2D eigenvalue weighted by molar-refractivity contribution is -0.140. The molecule has 29 heavy (non-hydrogen) atoms. The van der Waals surface area contributed by atoms with E-state index in [2.05, 4.69) is 29.0 Å². The van der Waals surface area contributed by atoms with E-state index < -0.39 is 5.97 Å². The molecule has 0 saturated carbocycles. The lowest BCUT2D eigenvalue weighted by atomic mass is 10.0. The van der Waals surface area contributed by atoms with Gasteiger partial charge in [0.05, 0.1) is 18.6 Å². The number of hydrogen-bond acceptors (Lipinski definition) is 3. The SMILES string of the molecule is CCC#CC[C@H](C)C(=O)N[C@H](CO)c1ccccc1.CCC#CC[C@H](C)C(=O)O. The molecule has 1 aromatic rings. The van der Waals surface area contributed by atoms with Gasteiger partial charge < -0.3 is 15.5 Å². The quantitative estimate of drug-likeness (QED) is 0.609. The first-order valence-corrected chi connectivity index (χ1v) is 9.97. The molecule has 0 bridgehead atoms. The molecule has 5 heteroatoms. The van der Waals surface area contributed by atoms with Gasteiger partial charge in [0, 0.05) is 31.6 Å². The monoisotopic (exact) mass is 399 g/mol. The number of carboxylic acids is 1. The lowest BCUT2D eigenvalue weighted by Crippen LogP contribution is -2.34. The molecule has 158 valence electrons. The van der Waals surface area contributed by atoms with E-state index in [1.807, 2.05) is 51.1 Å². The molecule has 5 nitrogen and oxygen atoms in total. The van der Waals surface area contributed by atoms with Gasteiger partial charge in [-0.2, -0.15) is 0 Å². The van der Waals surface area contributed by atoms with E-state index in [9.17, 15) is 14.7 Å². The molecule has 1 amide bonds. The van der Waals surface area contributed by atoms with Crippen molar-refractivity contribution in [1.29, 1.82) is 0 Å². The number of hydrogen-bond donors (Lipinski definition) is 3. The van der Waals surface area contributed by atoms with Crippen LogP contribution in [0.2, 0.25) is 0 Å². The van der Waals surface area contributed by atoms with Gasteiger partial charge in [-0.25, -0.2) is 0 Å². The number of nitrogens with one attached hydrogen (secondary N) is 1. The molecule has 0 heterocycles. The average Bonchev–Trinajstić information content (AvgIpc) is 2.73. The highest BCUT2D eigenvalue weighted by molar-refractivity contribution is 5.79. The van der Waals surface area contributed by atoms with Gasteiger partial charge in [0.2, 0.25) is 5.91 Å². The maximum atomic E-state index is 12.0. The van der Waals surface area contributed by atoms with Crippen LogP contribution in [0.3, 0.4) is 0 Å². The van der Waals surface area contributed by atoms with E-state index in [1.165, 1.54) is 0 Å². The Kier molecular flexibility index (Phi) is 14.7. The van der Waals surface area contributed by atoms with E-state index in [1.54, 1.807) is 6.92 Å². The van der Waals surface area contributed by atoms with Gasteiger partial charge in [0.1, 0.15) is 0 Å². The molecule has 1 aromatic carbocycles. The Morgan fingerprint density at radius 2 is 1.45 bits per heavy atom. The van der Waals surface area contributed by atoms with Crippen LogP contribution in [0.15, 0.2) is 30.3 Å². The topological polar surface area (TPSA) is 86.6 Å². The molecule has 0 spiro atoms. The Bertz CT molecular complexity index is 722. The Hall–Kier alpha value is -2.76. The van der Waals surface area contributed by atoms with Crippen molar-refractivity contribution >= 4 is 11.9 Å². The van der Waals surface area contributed by atoms with Crippen molar-refractivity contribution in [3.8, 4) is 23.7 Å². The lowest BCUT2D eigenvalue weighted by Gasteiger charge is -2.18. The number of aliphatic carboxylic acids is 1. The zero-order valence-corrected chi connectivity index (χ0v) is 17.9. The third-order valence-corrected chi connectivity index (χ3v) is 3.99. The zero-order chi connectivity index (χ0) is 22.1. The van der Waals surface area contributed by atoms with Crippen molar-refractivity contribution in [3.05, 3.63) is 35.9 Å². The molecule has 0 aliphatic heterocycles. The van der Waals surface area contributed by atoms with Crippen molar-refractivity contribution in [2.24, 2.45) is 11.8 Å². The minimum atomic E-state index is -0.773. The van der Waals surface area contributed by atoms with Gasteiger partial charge in [-0.3, -0.25) is 9.59 Å². The molecule has 0 aliphatic carbocycles. The van der Waals surface area contributed by atoms with Crippen molar-refractivity contribution in [3.63, 3.8) is 0 Å². The van der Waals surface area contributed by atoms with Crippen LogP contribution in [-0.2, 0) is 9.59 Å². The van der Waals surface area contributed by atoms with E-state index in [4.69, 9.17) is 5.11 Å². The zero-order valence-electron chi connectivity index (χ0n) is 17.9. The molecule has 0 radical (unpaired) electrons. The van der Waals surface area contributed by atoms with Crippen molar-refractivity contribution in [2.45, 2.75) is 59.4 Å². The van der Waals surface area contributed by atoms with Crippen LogP contribution in [0.1, 0.15) is 65.0 Å². The smallest absolute Gasteiger partial charge is 0.307 e. The van der Waals surface area contributed by atoms with E-state index in [0.29, 0.717) is 12.8 Å². The summed E-state index contributed by atoms with van der Waals surface area (Å²) in [6.07, 6.45) is 2.61. The van der Waals surface area contributed by atoms with Crippen LogP contribution in [0.25, 0.3) is 0 Å². The standard InChI is InChI=1S/C16H21NO2.C8H12O2/c1-3-4-6-9-13(2)16(19)17-15(12-18)14-10-7-5-8-11-14;1-3-4-5-6-7(2)8(9)10/h5,7-8,10-11,13,15,18H,3,9,12H2,1-2H3,(H,17,19);7H,3,6H2,1-2H3,(H,9,10)/t13-,15+;7-/m00/s1. The number of carbonyl (C=O) groups is 2. The van der Waals surface area contributed by atoms with Gasteiger partial charge in [-0.15, -0.1) is 23.7 Å². The summed E-state index contributed by atoms with van der Waals surface area (Å²) in [4.78, 5) is 22.2. The van der Waals surface area contributed by atoms with E-state index in [-0.39, 0.29) is 30.4 Å². The molecule has 0 fully saturated rings. The highest BCUT2D eigenvalue weighted by Crippen LogP contribution is 2.13. The molecule has 0 aromatic heterocycles. The van der Waals surface area contributed by atoms with E-state index >= 15 is 0 Å². The summed E-state index contributed by atoms with van der Waals surface area (Å²) in [5, 5.41) is 20.6. The molecule has 0 aliphatic rings. The van der Waals surface area contributed by atoms with Crippen molar-refractivity contribution in [2.75, 3.05) is 6.61 Å². The van der Waals surface area contributed by atoms with Crippen molar-refractivity contribution in [1.82, 2.24) is 5.32 Å². The third kappa shape index (κ3) is 12.3. The van der Waals surface area contributed by atoms with Gasteiger partial charge in [0.25, 0.3) is 0 Å². The molecular formula is C24H33NO4. The first-order chi connectivity index (χ1) is 13.9. The summed E-state index contributed by atoms with van der Waals surface area (Å²) in [5.41, 5.74) is 0.908. The second-order valence-electron chi connectivity index (χ2n) is 6.62. The Morgan fingerprint density at radius 1 is 0.931 bits per heavy atom. The minimum Gasteiger partial charge on any atom is -0.481 e. The number of carboxylic acid groups (broad SMARTS) is 1. The molecule has 3 atom stereocenters. The fourth-order valence-corrected chi connectivity index (χ4v) is 2.11. The summed E-state index contributed by atoms with van der Waals surface area (Å²) in [7, 11) is 0. The predicted octanol–water partition coefficient (Wildman–Crippen LogP) is 3.79. The maximum absolute atomic E-state index is 12.0. The number of amides is 1. The Balaban J connectivity index is 0.000000665. The Labute approximate surface area is 174 Å². The summed E-state index contributed by atoms with van der Waals surface area (Å²) in [5.74, 6) is 10.2. The second kappa shape index (κ2) is 16.2. The van der Waals surface area contributed by atoms with Crippen LogP contribution >= 0.6 is 0 Å². The van der Waals surface area contributed by atoms with Crippen LogP contribution in [0.4, 0.5) is 0 Å². The molecule has 3 N–H and O–H groups in total. The molecule has 1 rings (SSSR count). The fourth-order valence-electron chi connectivity index (χ4n) is 2.11. The highest BCUT2D eigenvalue weighted by Gasteiger charge is 2.17. The molecule has 0 unspecified atom stereocenters. The first kappa shape index (κ1) is 26.2. The largest absolute Gasteiger partial charge is 0.481 e. The second-order valence-corrected chi connectivity index (χ2v) is 6.62. The summed E-state index contributed by atoms with van der Waals surface area (Å²) in [6.45, 7) is 7.32. The molecular weight excluding hydrogens is 366 g/mol. The highest BCUT2D eigenvalue weighted by atomic mass is 16.4.